The van der Waals surface area contributed by atoms with E-state index in [1.54, 1.807) is 0 Å². The van der Waals surface area contributed by atoms with Gasteiger partial charge in [-0.1, -0.05) is 25.9 Å². The fraction of sp³-hybridized carbons (Fsp3) is 0.846. The number of hydrogen-bond donors (Lipinski definition) is 1. The maximum atomic E-state index is 9.79. The Kier molecular flexibility index (Phi) is 5.28. The van der Waals surface area contributed by atoms with Crippen LogP contribution >= 0.6 is 0 Å². The Labute approximate surface area is 109 Å². The second kappa shape index (κ2) is 6.29. The SMILES string of the molecule is CCOC(C)(CC)c1noc(CC(O)C(C)C)n1. The Balaban J connectivity index is 2.78. The van der Waals surface area contributed by atoms with Crippen LogP contribution in [0.5, 0.6) is 0 Å². The van der Waals surface area contributed by atoms with Crippen molar-refractivity contribution in [2.45, 2.75) is 59.2 Å². The lowest BCUT2D eigenvalue weighted by molar-refractivity contribution is -0.0403. The summed E-state index contributed by atoms with van der Waals surface area (Å²) >= 11 is 0. The average molecular weight is 256 g/mol. The molecule has 5 nitrogen and oxygen atoms in total. The van der Waals surface area contributed by atoms with Gasteiger partial charge < -0.3 is 14.4 Å². The Morgan fingerprint density at radius 3 is 2.56 bits per heavy atom. The standard InChI is InChI=1S/C13H24N2O3/c1-6-13(5,17-7-2)12-14-11(18-15-12)8-10(16)9(3)4/h9-10,16H,6-8H2,1-5H3. The second-order valence-corrected chi connectivity index (χ2v) is 5.04. The summed E-state index contributed by atoms with van der Waals surface area (Å²) in [7, 11) is 0. The van der Waals surface area contributed by atoms with Gasteiger partial charge in [0.1, 0.15) is 5.60 Å². The minimum absolute atomic E-state index is 0.171. The van der Waals surface area contributed by atoms with Gasteiger partial charge in [0.15, 0.2) is 0 Å². The molecule has 1 aromatic heterocycles. The molecule has 0 bridgehead atoms. The van der Waals surface area contributed by atoms with Crippen molar-refractivity contribution in [1.29, 1.82) is 0 Å². The fourth-order valence-electron chi connectivity index (χ4n) is 1.61. The van der Waals surface area contributed by atoms with E-state index in [0.717, 1.165) is 6.42 Å². The van der Waals surface area contributed by atoms with Crippen LogP contribution in [0.3, 0.4) is 0 Å². The van der Waals surface area contributed by atoms with E-state index in [2.05, 4.69) is 10.1 Å². The third-order valence-electron chi connectivity index (χ3n) is 3.23. The number of rotatable bonds is 7. The van der Waals surface area contributed by atoms with Gasteiger partial charge in [-0.3, -0.25) is 0 Å². The zero-order valence-corrected chi connectivity index (χ0v) is 11.9. The van der Waals surface area contributed by atoms with E-state index >= 15 is 0 Å². The van der Waals surface area contributed by atoms with E-state index < -0.39 is 11.7 Å². The maximum absolute atomic E-state index is 9.79. The average Bonchev–Trinajstić information content (AvgIpc) is 2.78. The summed E-state index contributed by atoms with van der Waals surface area (Å²) in [5, 5.41) is 13.8. The molecular weight excluding hydrogens is 232 g/mol. The Morgan fingerprint density at radius 1 is 1.39 bits per heavy atom. The van der Waals surface area contributed by atoms with Gasteiger partial charge >= 0.3 is 0 Å². The fourth-order valence-corrected chi connectivity index (χ4v) is 1.61. The van der Waals surface area contributed by atoms with E-state index in [1.165, 1.54) is 0 Å². The highest BCUT2D eigenvalue weighted by Gasteiger charge is 2.31. The monoisotopic (exact) mass is 256 g/mol. The summed E-state index contributed by atoms with van der Waals surface area (Å²) < 4.78 is 10.9. The van der Waals surface area contributed by atoms with Crippen molar-refractivity contribution >= 4 is 0 Å². The molecule has 0 saturated heterocycles. The van der Waals surface area contributed by atoms with Crippen molar-refractivity contribution in [2.24, 2.45) is 5.92 Å². The summed E-state index contributed by atoms with van der Waals surface area (Å²) in [6.45, 7) is 10.4. The number of nitrogens with zero attached hydrogens (tertiary/aromatic N) is 2. The molecule has 1 aromatic rings. The molecule has 18 heavy (non-hydrogen) atoms. The number of hydrogen-bond acceptors (Lipinski definition) is 5. The Bertz CT molecular complexity index is 365. The van der Waals surface area contributed by atoms with Gasteiger partial charge in [-0.05, 0) is 26.2 Å². The van der Waals surface area contributed by atoms with Gasteiger partial charge in [0.05, 0.1) is 12.5 Å². The summed E-state index contributed by atoms with van der Waals surface area (Å²) in [6.07, 6.45) is 0.696. The molecule has 0 aliphatic heterocycles. The van der Waals surface area contributed by atoms with Crippen molar-refractivity contribution in [3.05, 3.63) is 11.7 Å². The summed E-state index contributed by atoms with van der Waals surface area (Å²) in [5.41, 5.74) is -0.515. The second-order valence-electron chi connectivity index (χ2n) is 5.04. The van der Waals surface area contributed by atoms with Crippen LogP contribution in [-0.2, 0) is 16.8 Å². The van der Waals surface area contributed by atoms with E-state index in [1.807, 2.05) is 34.6 Å². The molecule has 2 unspecified atom stereocenters. The highest BCUT2D eigenvalue weighted by molar-refractivity contribution is 4.99. The van der Waals surface area contributed by atoms with Crippen molar-refractivity contribution in [3.8, 4) is 0 Å². The smallest absolute Gasteiger partial charge is 0.229 e. The van der Waals surface area contributed by atoms with Gasteiger partial charge in [-0.2, -0.15) is 4.98 Å². The molecule has 0 radical (unpaired) electrons. The lowest BCUT2D eigenvalue weighted by Gasteiger charge is -2.23. The molecule has 0 amide bonds. The predicted molar refractivity (Wildman–Crippen MR) is 68.1 cm³/mol. The highest BCUT2D eigenvalue weighted by atomic mass is 16.5. The molecule has 0 aromatic carbocycles. The van der Waals surface area contributed by atoms with Crippen LogP contribution in [0.2, 0.25) is 0 Å². The van der Waals surface area contributed by atoms with E-state index in [4.69, 9.17) is 9.26 Å². The molecule has 0 aliphatic carbocycles. The van der Waals surface area contributed by atoms with Gasteiger partial charge in [-0.25, -0.2) is 0 Å². The summed E-state index contributed by atoms with van der Waals surface area (Å²) in [5.74, 6) is 1.19. The van der Waals surface area contributed by atoms with Crippen LogP contribution in [0.1, 0.15) is 52.8 Å². The molecule has 1 N–H and O–H groups in total. The van der Waals surface area contributed by atoms with Crippen LogP contribution in [0.25, 0.3) is 0 Å². The van der Waals surface area contributed by atoms with Crippen molar-refractivity contribution in [1.82, 2.24) is 10.1 Å². The zero-order chi connectivity index (χ0) is 13.8. The zero-order valence-electron chi connectivity index (χ0n) is 11.9. The van der Waals surface area contributed by atoms with Crippen molar-refractivity contribution < 1.29 is 14.4 Å². The minimum Gasteiger partial charge on any atom is -0.392 e. The molecule has 104 valence electrons. The Hall–Kier alpha value is -0.940. The Morgan fingerprint density at radius 2 is 2.06 bits per heavy atom. The van der Waals surface area contributed by atoms with Gasteiger partial charge in [-0.15, -0.1) is 0 Å². The molecule has 0 saturated carbocycles. The largest absolute Gasteiger partial charge is 0.392 e. The number of aromatic nitrogens is 2. The quantitative estimate of drug-likeness (QED) is 0.810. The number of ether oxygens (including phenoxy) is 1. The van der Waals surface area contributed by atoms with Crippen LogP contribution < -0.4 is 0 Å². The molecule has 0 aliphatic rings. The molecule has 2 atom stereocenters. The lowest BCUT2D eigenvalue weighted by Crippen LogP contribution is -2.26. The molecule has 5 heteroatoms. The summed E-state index contributed by atoms with van der Waals surface area (Å²) in [6, 6.07) is 0. The number of aliphatic hydroxyl groups is 1. The topological polar surface area (TPSA) is 68.4 Å². The number of aliphatic hydroxyl groups excluding tert-OH is 1. The van der Waals surface area contributed by atoms with Gasteiger partial charge in [0.25, 0.3) is 0 Å². The third kappa shape index (κ3) is 3.53. The predicted octanol–water partition coefficient (Wildman–Crippen LogP) is 2.29. The molecule has 1 heterocycles. The third-order valence-corrected chi connectivity index (χ3v) is 3.23. The van der Waals surface area contributed by atoms with E-state index in [0.29, 0.717) is 24.7 Å². The van der Waals surface area contributed by atoms with Crippen LogP contribution in [0.4, 0.5) is 0 Å². The van der Waals surface area contributed by atoms with Crippen LogP contribution in [0.15, 0.2) is 4.52 Å². The first kappa shape index (κ1) is 15.1. The maximum Gasteiger partial charge on any atom is 0.229 e. The molecule has 1 rings (SSSR count). The van der Waals surface area contributed by atoms with E-state index in [-0.39, 0.29) is 5.92 Å². The van der Waals surface area contributed by atoms with Crippen LogP contribution in [-0.4, -0.2) is 28.0 Å². The lowest BCUT2D eigenvalue weighted by atomic mass is 10.0. The highest BCUT2D eigenvalue weighted by Crippen LogP contribution is 2.26. The summed E-state index contributed by atoms with van der Waals surface area (Å²) in [4.78, 5) is 4.33. The molecular formula is C13H24N2O3. The van der Waals surface area contributed by atoms with Gasteiger partial charge in [0, 0.05) is 6.61 Å². The normalized spacial score (nSPS) is 16.8. The van der Waals surface area contributed by atoms with Crippen molar-refractivity contribution in [2.75, 3.05) is 6.61 Å². The molecule has 0 fully saturated rings. The first-order chi connectivity index (χ1) is 8.42. The van der Waals surface area contributed by atoms with Crippen LogP contribution in [0, 0.1) is 5.92 Å². The molecule has 0 spiro atoms. The van der Waals surface area contributed by atoms with Gasteiger partial charge in [0.2, 0.25) is 11.7 Å². The first-order valence-electron chi connectivity index (χ1n) is 6.58. The van der Waals surface area contributed by atoms with E-state index in [9.17, 15) is 5.11 Å². The van der Waals surface area contributed by atoms with Crippen molar-refractivity contribution in [3.63, 3.8) is 0 Å². The minimum atomic E-state index is -0.515. The first-order valence-corrected chi connectivity index (χ1v) is 6.58.